The van der Waals surface area contributed by atoms with Gasteiger partial charge in [-0.2, -0.15) is 11.3 Å². The van der Waals surface area contributed by atoms with Gasteiger partial charge in [0.05, 0.1) is 15.5 Å². The minimum absolute atomic E-state index is 0.0846. The summed E-state index contributed by atoms with van der Waals surface area (Å²) in [5.41, 5.74) is 1.16. The van der Waals surface area contributed by atoms with E-state index in [0.29, 0.717) is 6.54 Å². The van der Waals surface area contributed by atoms with Gasteiger partial charge in [-0.15, -0.1) is 0 Å². The van der Waals surface area contributed by atoms with E-state index in [1.165, 1.54) is 23.1 Å². The second-order valence-electron chi connectivity index (χ2n) is 4.21. The van der Waals surface area contributed by atoms with Gasteiger partial charge in [0.2, 0.25) is 0 Å². The molecule has 0 saturated carbocycles. The van der Waals surface area contributed by atoms with E-state index < -0.39 is 4.92 Å². The van der Waals surface area contributed by atoms with Crippen LogP contribution < -0.4 is 0 Å². The van der Waals surface area contributed by atoms with Crippen LogP contribution in [0.2, 0.25) is 5.02 Å². The molecule has 0 bridgehead atoms. The molecule has 5 nitrogen and oxygen atoms in total. The molecule has 7 heteroatoms. The van der Waals surface area contributed by atoms with Gasteiger partial charge in [0.15, 0.2) is 0 Å². The average Bonchev–Trinajstić information content (AvgIpc) is 2.90. The van der Waals surface area contributed by atoms with E-state index in [1.54, 1.807) is 18.4 Å². The summed E-state index contributed by atoms with van der Waals surface area (Å²) in [6, 6.07) is 5.78. The van der Waals surface area contributed by atoms with Crippen LogP contribution in [0, 0.1) is 10.1 Å². The van der Waals surface area contributed by atoms with Crippen molar-refractivity contribution in [1.82, 2.24) is 4.90 Å². The van der Waals surface area contributed by atoms with Crippen LogP contribution in [0.15, 0.2) is 35.0 Å². The fraction of sp³-hybridized carbons (Fsp3) is 0.154. The molecule has 1 heterocycles. The van der Waals surface area contributed by atoms with Gasteiger partial charge >= 0.3 is 0 Å². The van der Waals surface area contributed by atoms with Gasteiger partial charge in [0, 0.05) is 25.7 Å². The van der Waals surface area contributed by atoms with Crippen LogP contribution in [0.5, 0.6) is 0 Å². The summed E-state index contributed by atoms with van der Waals surface area (Å²) in [5.74, 6) is -0.268. The summed E-state index contributed by atoms with van der Waals surface area (Å²) >= 11 is 7.50. The molecule has 104 valence electrons. The van der Waals surface area contributed by atoms with Crippen molar-refractivity contribution in [2.75, 3.05) is 7.05 Å². The lowest BCUT2D eigenvalue weighted by molar-refractivity contribution is -0.384. The third kappa shape index (κ3) is 3.15. The summed E-state index contributed by atoms with van der Waals surface area (Å²) < 4.78 is 0. The zero-order valence-electron chi connectivity index (χ0n) is 10.6. The summed E-state index contributed by atoms with van der Waals surface area (Å²) in [4.78, 5) is 23.9. The monoisotopic (exact) mass is 310 g/mol. The lowest BCUT2D eigenvalue weighted by atomic mass is 10.1. The highest BCUT2D eigenvalue weighted by Crippen LogP contribution is 2.24. The molecule has 1 aromatic heterocycles. The Labute approximate surface area is 124 Å². The minimum atomic E-state index is -0.546. The van der Waals surface area contributed by atoms with E-state index in [9.17, 15) is 14.9 Å². The Kier molecular flexibility index (Phi) is 4.36. The lowest BCUT2D eigenvalue weighted by Crippen LogP contribution is -2.26. The van der Waals surface area contributed by atoms with E-state index in [2.05, 4.69) is 0 Å². The predicted molar refractivity (Wildman–Crippen MR) is 78.2 cm³/mol. The van der Waals surface area contributed by atoms with E-state index in [-0.39, 0.29) is 22.2 Å². The molecule has 0 aliphatic rings. The number of non-ortho nitro benzene ring substituents is 1. The molecule has 0 radical (unpaired) electrons. The Bertz CT molecular complexity index is 643. The third-order valence-electron chi connectivity index (χ3n) is 2.74. The summed E-state index contributed by atoms with van der Waals surface area (Å²) in [7, 11) is 1.66. The van der Waals surface area contributed by atoms with Gasteiger partial charge in [0.1, 0.15) is 0 Å². The zero-order valence-corrected chi connectivity index (χ0v) is 12.1. The molecule has 1 amide bonds. The smallest absolute Gasteiger partial charge is 0.270 e. The minimum Gasteiger partial charge on any atom is -0.337 e. The normalized spacial score (nSPS) is 10.3. The predicted octanol–water partition coefficient (Wildman–Crippen LogP) is 3.58. The number of nitro benzene ring substituents is 1. The number of hydrogen-bond acceptors (Lipinski definition) is 4. The number of amides is 1. The van der Waals surface area contributed by atoms with Crippen molar-refractivity contribution in [3.05, 3.63) is 61.3 Å². The molecule has 0 aliphatic carbocycles. The van der Waals surface area contributed by atoms with Crippen molar-refractivity contribution < 1.29 is 9.72 Å². The van der Waals surface area contributed by atoms with Gasteiger partial charge in [0.25, 0.3) is 11.6 Å². The van der Waals surface area contributed by atoms with Crippen LogP contribution >= 0.6 is 22.9 Å². The van der Waals surface area contributed by atoms with E-state index in [4.69, 9.17) is 11.6 Å². The van der Waals surface area contributed by atoms with Gasteiger partial charge in [-0.05, 0) is 28.5 Å². The number of rotatable bonds is 4. The Balaban J connectivity index is 2.18. The molecule has 0 spiro atoms. The second kappa shape index (κ2) is 6.02. The summed E-state index contributed by atoms with van der Waals surface area (Å²) in [6.07, 6.45) is 0. The largest absolute Gasteiger partial charge is 0.337 e. The molecular formula is C13H11ClN2O3S. The topological polar surface area (TPSA) is 63.5 Å². The van der Waals surface area contributed by atoms with E-state index >= 15 is 0 Å². The Hall–Kier alpha value is -1.92. The maximum atomic E-state index is 12.2. The number of thiophene rings is 1. The first kappa shape index (κ1) is 14.5. The number of nitrogens with zero attached hydrogens (tertiary/aromatic N) is 2. The van der Waals surface area contributed by atoms with Crippen LogP contribution in [-0.2, 0) is 6.54 Å². The van der Waals surface area contributed by atoms with Gasteiger partial charge in [-0.3, -0.25) is 14.9 Å². The van der Waals surface area contributed by atoms with Crippen molar-refractivity contribution >= 4 is 34.5 Å². The highest BCUT2D eigenvalue weighted by atomic mass is 35.5. The molecular weight excluding hydrogens is 300 g/mol. The molecule has 2 aromatic rings. The maximum Gasteiger partial charge on any atom is 0.270 e. The van der Waals surface area contributed by atoms with Crippen molar-refractivity contribution in [2.24, 2.45) is 0 Å². The molecule has 0 N–H and O–H groups in total. The number of hydrogen-bond donors (Lipinski definition) is 0. The Morgan fingerprint density at radius 2 is 2.20 bits per heavy atom. The van der Waals surface area contributed by atoms with Crippen LogP contribution in [0.1, 0.15) is 15.9 Å². The zero-order chi connectivity index (χ0) is 14.7. The van der Waals surface area contributed by atoms with Gasteiger partial charge in [-0.25, -0.2) is 0 Å². The van der Waals surface area contributed by atoms with E-state index in [0.717, 1.165) is 5.56 Å². The van der Waals surface area contributed by atoms with Crippen molar-refractivity contribution in [3.8, 4) is 0 Å². The summed E-state index contributed by atoms with van der Waals surface area (Å²) in [5, 5.41) is 14.6. The molecule has 20 heavy (non-hydrogen) atoms. The van der Waals surface area contributed by atoms with Crippen LogP contribution in [0.3, 0.4) is 0 Å². The van der Waals surface area contributed by atoms with Crippen LogP contribution in [0.25, 0.3) is 0 Å². The Morgan fingerprint density at radius 3 is 2.75 bits per heavy atom. The molecule has 2 rings (SSSR count). The molecule has 0 atom stereocenters. The molecule has 0 saturated heterocycles. The number of nitro groups is 1. The van der Waals surface area contributed by atoms with Gasteiger partial charge in [-0.1, -0.05) is 11.6 Å². The first-order valence-corrected chi connectivity index (χ1v) is 7.01. The molecule has 0 aliphatic heterocycles. The standard InChI is InChI=1S/C13H11ClN2O3S/c1-15(7-9-4-5-20-8-9)13(17)11-3-2-10(16(18)19)6-12(11)14/h2-6,8H,7H2,1H3. The number of carbonyl (C=O) groups is 1. The fourth-order valence-corrected chi connectivity index (χ4v) is 2.64. The van der Waals surface area contributed by atoms with Crippen LogP contribution in [-0.4, -0.2) is 22.8 Å². The molecule has 0 fully saturated rings. The SMILES string of the molecule is CN(Cc1ccsc1)C(=O)c1ccc([N+](=O)[O-])cc1Cl. The lowest BCUT2D eigenvalue weighted by Gasteiger charge is -2.17. The Morgan fingerprint density at radius 1 is 1.45 bits per heavy atom. The van der Waals surface area contributed by atoms with Crippen molar-refractivity contribution in [1.29, 1.82) is 0 Å². The van der Waals surface area contributed by atoms with Crippen molar-refractivity contribution in [2.45, 2.75) is 6.54 Å². The highest BCUT2D eigenvalue weighted by Gasteiger charge is 2.18. The maximum absolute atomic E-state index is 12.2. The molecule has 1 aromatic carbocycles. The quantitative estimate of drug-likeness (QED) is 0.640. The highest BCUT2D eigenvalue weighted by molar-refractivity contribution is 7.07. The summed E-state index contributed by atoms with van der Waals surface area (Å²) in [6.45, 7) is 0.468. The third-order valence-corrected chi connectivity index (χ3v) is 3.79. The number of benzene rings is 1. The van der Waals surface area contributed by atoms with Crippen LogP contribution in [0.4, 0.5) is 5.69 Å². The van der Waals surface area contributed by atoms with Gasteiger partial charge < -0.3 is 4.90 Å². The number of carbonyl (C=O) groups excluding carboxylic acids is 1. The van der Waals surface area contributed by atoms with Crippen molar-refractivity contribution in [3.63, 3.8) is 0 Å². The van der Waals surface area contributed by atoms with E-state index in [1.807, 2.05) is 16.8 Å². The molecule has 0 unspecified atom stereocenters. The first-order chi connectivity index (χ1) is 9.49. The fourth-order valence-electron chi connectivity index (χ4n) is 1.72. The second-order valence-corrected chi connectivity index (χ2v) is 5.40. The average molecular weight is 311 g/mol. The first-order valence-electron chi connectivity index (χ1n) is 5.69. The number of halogens is 1.